The Morgan fingerprint density at radius 1 is 1.33 bits per heavy atom. The molecule has 0 fully saturated rings. The molecule has 80 valence electrons. The van der Waals surface area contributed by atoms with Crippen molar-refractivity contribution in [2.24, 2.45) is 0 Å². The molecule has 0 saturated carbocycles. The van der Waals surface area contributed by atoms with E-state index >= 15 is 0 Å². The zero-order valence-corrected chi connectivity index (χ0v) is 8.10. The van der Waals surface area contributed by atoms with Crippen LogP contribution in [0.2, 0.25) is 0 Å². The van der Waals surface area contributed by atoms with Crippen molar-refractivity contribution in [3.63, 3.8) is 0 Å². The number of aryl methyl sites for hydroxylation is 1. The summed E-state index contributed by atoms with van der Waals surface area (Å²) in [7, 11) is 0. The minimum atomic E-state index is -1.65. The van der Waals surface area contributed by atoms with Crippen molar-refractivity contribution in [2.75, 3.05) is 0 Å². The van der Waals surface area contributed by atoms with Gasteiger partial charge >= 0.3 is 5.97 Å². The van der Waals surface area contributed by atoms with E-state index in [2.05, 4.69) is 0 Å². The number of benzene rings is 1. The Labute approximate surface area is 86.8 Å². The largest absolute Gasteiger partial charge is 0.508 e. The Hall–Kier alpha value is -1.55. The van der Waals surface area contributed by atoms with E-state index in [9.17, 15) is 15.0 Å². The number of phenolic OH excluding ortho intramolecular Hbond substituents is 1. The lowest BCUT2D eigenvalue weighted by Gasteiger charge is -2.29. The van der Waals surface area contributed by atoms with Crippen LogP contribution in [0, 0.1) is 0 Å². The van der Waals surface area contributed by atoms with Gasteiger partial charge in [-0.3, -0.25) is 0 Å². The predicted molar refractivity (Wildman–Crippen MR) is 52.7 cm³/mol. The van der Waals surface area contributed by atoms with E-state index in [1.807, 2.05) is 0 Å². The molecule has 0 bridgehead atoms. The zero-order chi connectivity index (χ0) is 11.1. The van der Waals surface area contributed by atoms with Crippen LogP contribution in [0.4, 0.5) is 0 Å². The smallest absolute Gasteiger partial charge is 0.336 e. The zero-order valence-electron chi connectivity index (χ0n) is 8.10. The second kappa shape index (κ2) is 3.24. The van der Waals surface area contributed by atoms with Crippen LogP contribution in [0.1, 0.15) is 17.5 Å². The molecule has 0 spiro atoms. The van der Waals surface area contributed by atoms with E-state index in [1.54, 1.807) is 12.1 Å². The molecule has 1 aromatic rings. The molecular formula is C11H12O4. The van der Waals surface area contributed by atoms with Crippen LogP contribution in [0.15, 0.2) is 18.2 Å². The maximum absolute atomic E-state index is 10.9. The van der Waals surface area contributed by atoms with E-state index in [-0.39, 0.29) is 18.6 Å². The third-order valence-corrected chi connectivity index (χ3v) is 2.88. The van der Waals surface area contributed by atoms with Gasteiger partial charge in [-0.1, -0.05) is 6.07 Å². The van der Waals surface area contributed by atoms with Gasteiger partial charge in [-0.05, 0) is 36.1 Å². The van der Waals surface area contributed by atoms with Crippen LogP contribution in [-0.4, -0.2) is 26.9 Å². The molecule has 0 aliphatic heterocycles. The third kappa shape index (κ3) is 1.68. The summed E-state index contributed by atoms with van der Waals surface area (Å²) in [5.74, 6) is -1.00. The fraction of sp³-hybridized carbons (Fsp3) is 0.364. The average Bonchev–Trinajstić information content (AvgIpc) is 2.18. The van der Waals surface area contributed by atoms with E-state index in [0.717, 1.165) is 11.1 Å². The summed E-state index contributed by atoms with van der Waals surface area (Å²) in [5.41, 5.74) is 0.0640. The summed E-state index contributed by atoms with van der Waals surface area (Å²) < 4.78 is 0. The molecule has 3 N–H and O–H groups in total. The van der Waals surface area contributed by atoms with Gasteiger partial charge in [-0.2, -0.15) is 0 Å². The molecule has 4 heteroatoms. The molecule has 1 unspecified atom stereocenters. The van der Waals surface area contributed by atoms with Crippen molar-refractivity contribution >= 4 is 5.97 Å². The summed E-state index contributed by atoms with van der Waals surface area (Å²) in [6.45, 7) is 0. The SMILES string of the molecule is O=C(O)C1(O)CCc2cc(O)ccc2C1. The highest BCUT2D eigenvalue weighted by molar-refractivity contribution is 5.78. The van der Waals surface area contributed by atoms with Crippen LogP contribution in [0.5, 0.6) is 5.75 Å². The van der Waals surface area contributed by atoms with Crippen LogP contribution in [0.25, 0.3) is 0 Å². The van der Waals surface area contributed by atoms with Crippen molar-refractivity contribution in [3.05, 3.63) is 29.3 Å². The highest BCUT2D eigenvalue weighted by Crippen LogP contribution is 2.30. The molecule has 1 aliphatic rings. The first-order valence-corrected chi connectivity index (χ1v) is 4.78. The molecule has 0 heterocycles. The minimum Gasteiger partial charge on any atom is -0.508 e. The number of carboxylic acid groups (broad SMARTS) is 1. The van der Waals surface area contributed by atoms with Gasteiger partial charge < -0.3 is 15.3 Å². The number of hydrogen-bond donors (Lipinski definition) is 3. The van der Waals surface area contributed by atoms with Gasteiger partial charge in [-0.25, -0.2) is 4.79 Å². The van der Waals surface area contributed by atoms with Crippen LogP contribution in [-0.2, 0) is 17.6 Å². The highest BCUT2D eigenvalue weighted by atomic mass is 16.4. The normalized spacial score (nSPS) is 24.6. The van der Waals surface area contributed by atoms with E-state index in [4.69, 9.17) is 5.11 Å². The number of hydrogen-bond acceptors (Lipinski definition) is 3. The van der Waals surface area contributed by atoms with E-state index < -0.39 is 11.6 Å². The third-order valence-electron chi connectivity index (χ3n) is 2.88. The Bertz CT molecular complexity index is 413. The Morgan fingerprint density at radius 3 is 2.73 bits per heavy atom. The maximum Gasteiger partial charge on any atom is 0.336 e. The lowest BCUT2D eigenvalue weighted by Crippen LogP contribution is -2.43. The van der Waals surface area contributed by atoms with Crippen LogP contribution < -0.4 is 0 Å². The Kier molecular flexibility index (Phi) is 2.16. The molecule has 0 amide bonds. The average molecular weight is 208 g/mol. The lowest BCUT2D eigenvalue weighted by atomic mass is 9.80. The molecule has 0 radical (unpaired) electrons. The summed E-state index contributed by atoms with van der Waals surface area (Å²) >= 11 is 0. The van der Waals surface area contributed by atoms with Crippen molar-refractivity contribution in [3.8, 4) is 5.75 Å². The topological polar surface area (TPSA) is 77.8 Å². The summed E-state index contributed by atoms with van der Waals surface area (Å²) in [6.07, 6.45) is 0.781. The van der Waals surface area contributed by atoms with Crippen molar-refractivity contribution in [1.29, 1.82) is 0 Å². The number of rotatable bonds is 1. The molecule has 1 aliphatic carbocycles. The molecular weight excluding hydrogens is 196 g/mol. The first kappa shape index (κ1) is 9.98. The number of phenols is 1. The minimum absolute atomic E-state index is 0.109. The van der Waals surface area contributed by atoms with Crippen molar-refractivity contribution < 1.29 is 20.1 Å². The number of aliphatic hydroxyl groups is 1. The monoisotopic (exact) mass is 208 g/mol. The fourth-order valence-corrected chi connectivity index (χ4v) is 1.94. The molecule has 1 atom stereocenters. The van der Waals surface area contributed by atoms with Gasteiger partial charge in [0, 0.05) is 6.42 Å². The molecule has 15 heavy (non-hydrogen) atoms. The van der Waals surface area contributed by atoms with Crippen molar-refractivity contribution in [2.45, 2.75) is 24.9 Å². The first-order chi connectivity index (χ1) is 7.01. The standard InChI is InChI=1S/C11H12O4/c12-9-2-1-8-6-11(15,10(13)14)4-3-7(8)5-9/h1-2,5,12,15H,3-4,6H2,(H,13,14). The van der Waals surface area contributed by atoms with Gasteiger partial charge in [0.15, 0.2) is 5.60 Å². The van der Waals surface area contributed by atoms with Crippen LogP contribution >= 0.6 is 0 Å². The lowest BCUT2D eigenvalue weighted by molar-refractivity contribution is -0.159. The van der Waals surface area contributed by atoms with Gasteiger partial charge in [0.05, 0.1) is 0 Å². The highest BCUT2D eigenvalue weighted by Gasteiger charge is 2.39. The molecule has 2 rings (SSSR count). The fourth-order valence-electron chi connectivity index (χ4n) is 1.94. The second-order valence-electron chi connectivity index (χ2n) is 3.97. The Morgan fingerprint density at radius 2 is 2.07 bits per heavy atom. The van der Waals surface area contributed by atoms with Crippen molar-refractivity contribution in [1.82, 2.24) is 0 Å². The number of aliphatic carboxylic acids is 1. The number of aromatic hydroxyl groups is 1. The summed E-state index contributed by atoms with van der Waals surface area (Å²) in [5, 5.41) is 27.9. The Balaban J connectivity index is 2.35. The molecule has 4 nitrogen and oxygen atoms in total. The number of fused-ring (bicyclic) bond motifs is 1. The number of carbonyl (C=O) groups is 1. The van der Waals surface area contributed by atoms with Gasteiger partial charge in [0.2, 0.25) is 0 Å². The molecule has 0 saturated heterocycles. The second-order valence-corrected chi connectivity index (χ2v) is 3.97. The number of carboxylic acids is 1. The maximum atomic E-state index is 10.9. The predicted octanol–water partition coefficient (Wildman–Crippen LogP) is 0.697. The van der Waals surface area contributed by atoms with Gasteiger partial charge in [-0.15, -0.1) is 0 Å². The van der Waals surface area contributed by atoms with Gasteiger partial charge in [0.1, 0.15) is 5.75 Å². The van der Waals surface area contributed by atoms with Gasteiger partial charge in [0.25, 0.3) is 0 Å². The summed E-state index contributed by atoms with van der Waals surface area (Å²) in [6, 6.07) is 4.79. The summed E-state index contributed by atoms with van der Waals surface area (Å²) in [4.78, 5) is 10.9. The van der Waals surface area contributed by atoms with Crippen LogP contribution in [0.3, 0.4) is 0 Å². The molecule has 1 aromatic carbocycles. The van der Waals surface area contributed by atoms with E-state index in [0.29, 0.717) is 6.42 Å². The quantitative estimate of drug-likeness (QED) is 0.634. The van der Waals surface area contributed by atoms with E-state index in [1.165, 1.54) is 6.07 Å². The molecule has 0 aromatic heterocycles. The first-order valence-electron chi connectivity index (χ1n) is 4.78.